The average molecular weight is 255 g/mol. The quantitative estimate of drug-likeness (QED) is 0.843. The molecule has 1 aliphatic rings. The molecule has 0 aliphatic carbocycles. The fourth-order valence-corrected chi connectivity index (χ4v) is 3.20. The van der Waals surface area contributed by atoms with Gasteiger partial charge in [0.1, 0.15) is 0 Å². The van der Waals surface area contributed by atoms with Crippen molar-refractivity contribution < 1.29 is 8.42 Å². The van der Waals surface area contributed by atoms with Gasteiger partial charge in [-0.3, -0.25) is 4.31 Å². The number of rotatable bonds is 3. The highest BCUT2D eigenvalue weighted by molar-refractivity contribution is 7.90. The van der Waals surface area contributed by atoms with Gasteiger partial charge in [0.05, 0.1) is 5.69 Å². The number of anilines is 1. The van der Waals surface area contributed by atoms with Crippen LogP contribution in [0.5, 0.6) is 0 Å². The van der Waals surface area contributed by atoms with E-state index in [-0.39, 0.29) is 0 Å². The van der Waals surface area contributed by atoms with Crippen LogP contribution in [0.15, 0.2) is 30.3 Å². The molecule has 0 saturated carbocycles. The number of nitrogens with one attached hydrogen (secondary N) is 1. The van der Waals surface area contributed by atoms with Gasteiger partial charge in [-0.1, -0.05) is 18.2 Å². The first kappa shape index (κ1) is 12.3. The van der Waals surface area contributed by atoms with Crippen LogP contribution in [0.3, 0.4) is 0 Å². The van der Waals surface area contributed by atoms with Crippen molar-refractivity contribution in [2.75, 3.05) is 37.5 Å². The molecule has 0 bridgehead atoms. The lowest BCUT2D eigenvalue weighted by Crippen LogP contribution is -2.51. The van der Waals surface area contributed by atoms with Crippen molar-refractivity contribution in [1.29, 1.82) is 0 Å². The maximum Gasteiger partial charge on any atom is 0.303 e. The van der Waals surface area contributed by atoms with Crippen LogP contribution in [0.2, 0.25) is 0 Å². The largest absolute Gasteiger partial charge is 0.314 e. The summed E-state index contributed by atoms with van der Waals surface area (Å²) in [5, 5.41) is 3.14. The van der Waals surface area contributed by atoms with Crippen LogP contribution in [0.4, 0.5) is 5.69 Å². The van der Waals surface area contributed by atoms with E-state index in [1.54, 1.807) is 19.2 Å². The van der Waals surface area contributed by atoms with Crippen LogP contribution in [-0.2, 0) is 10.2 Å². The molecule has 1 saturated heterocycles. The molecule has 1 heterocycles. The van der Waals surface area contributed by atoms with Crippen LogP contribution >= 0.6 is 0 Å². The molecule has 17 heavy (non-hydrogen) atoms. The minimum Gasteiger partial charge on any atom is -0.314 e. The third kappa shape index (κ3) is 2.59. The summed E-state index contributed by atoms with van der Waals surface area (Å²) in [6.07, 6.45) is 0. The molecule has 1 N–H and O–H groups in total. The van der Waals surface area contributed by atoms with E-state index in [1.165, 1.54) is 8.61 Å². The lowest BCUT2D eigenvalue weighted by molar-refractivity contribution is 0.359. The Morgan fingerprint density at radius 3 is 2.35 bits per heavy atom. The van der Waals surface area contributed by atoms with Crippen LogP contribution in [0, 0.1) is 0 Å². The molecule has 2 rings (SSSR count). The number of hydrogen-bond donors (Lipinski definition) is 1. The Kier molecular flexibility index (Phi) is 3.66. The lowest BCUT2D eigenvalue weighted by Gasteiger charge is -2.31. The van der Waals surface area contributed by atoms with Crippen molar-refractivity contribution in [2.24, 2.45) is 0 Å². The average Bonchev–Trinajstić information content (AvgIpc) is 2.40. The van der Waals surface area contributed by atoms with E-state index in [0.717, 1.165) is 0 Å². The van der Waals surface area contributed by atoms with E-state index < -0.39 is 10.2 Å². The Balaban J connectivity index is 2.20. The standard InChI is InChI=1S/C11H17N3O2S/c1-13(11-5-3-2-4-6-11)17(15,16)14-9-7-12-8-10-14/h2-6,12H,7-10H2,1H3. The molecule has 0 amide bonds. The molecule has 0 radical (unpaired) electrons. The predicted molar refractivity (Wildman–Crippen MR) is 68.2 cm³/mol. The highest BCUT2D eigenvalue weighted by Crippen LogP contribution is 2.17. The Hall–Kier alpha value is -1.11. The van der Waals surface area contributed by atoms with Gasteiger partial charge in [-0.05, 0) is 12.1 Å². The number of piperazine rings is 1. The van der Waals surface area contributed by atoms with Gasteiger partial charge in [0.2, 0.25) is 0 Å². The molecule has 0 aromatic heterocycles. The summed E-state index contributed by atoms with van der Waals surface area (Å²) in [5.74, 6) is 0. The second-order valence-electron chi connectivity index (χ2n) is 3.96. The summed E-state index contributed by atoms with van der Waals surface area (Å²) < 4.78 is 27.5. The summed E-state index contributed by atoms with van der Waals surface area (Å²) >= 11 is 0. The molecule has 94 valence electrons. The van der Waals surface area contributed by atoms with E-state index in [9.17, 15) is 8.42 Å². The fraction of sp³-hybridized carbons (Fsp3) is 0.455. The van der Waals surface area contributed by atoms with Gasteiger partial charge in [0.25, 0.3) is 0 Å². The second kappa shape index (κ2) is 5.03. The molecule has 1 aromatic carbocycles. The Morgan fingerprint density at radius 2 is 1.76 bits per heavy atom. The zero-order chi connectivity index (χ0) is 12.3. The van der Waals surface area contributed by atoms with Gasteiger partial charge >= 0.3 is 10.2 Å². The van der Waals surface area contributed by atoms with E-state index in [0.29, 0.717) is 31.9 Å². The van der Waals surface area contributed by atoms with Gasteiger partial charge in [-0.25, -0.2) is 0 Å². The van der Waals surface area contributed by atoms with Crippen molar-refractivity contribution in [3.63, 3.8) is 0 Å². The molecule has 1 aromatic rings. The molecule has 0 unspecified atom stereocenters. The first-order valence-corrected chi connectivity index (χ1v) is 7.02. The molecule has 1 fully saturated rings. The summed E-state index contributed by atoms with van der Waals surface area (Å²) in [5.41, 5.74) is 0.686. The maximum atomic E-state index is 12.3. The van der Waals surface area contributed by atoms with Gasteiger partial charge in [0, 0.05) is 33.2 Å². The second-order valence-corrected chi connectivity index (χ2v) is 5.92. The first-order chi connectivity index (χ1) is 8.12. The van der Waals surface area contributed by atoms with Gasteiger partial charge in [-0.15, -0.1) is 0 Å². The molecule has 1 aliphatic heterocycles. The van der Waals surface area contributed by atoms with Crippen LogP contribution in [0.25, 0.3) is 0 Å². The lowest BCUT2D eigenvalue weighted by atomic mass is 10.3. The van der Waals surface area contributed by atoms with E-state index in [4.69, 9.17) is 0 Å². The minimum atomic E-state index is -3.39. The molecule has 0 atom stereocenters. The highest BCUT2D eigenvalue weighted by atomic mass is 32.2. The summed E-state index contributed by atoms with van der Waals surface area (Å²) in [7, 11) is -1.80. The van der Waals surface area contributed by atoms with Gasteiger partial charge in [0.15, 0.2) is 0 Å². The predicted octanol–water partition coefficient (Wildman–Crippen LogP) is 0.273. The number of nitrogens with zero attached hydrogens (tertiary/aromatic N) is 2. The maximum absolute atomic E-state index is 12.3. The number of para-hydroxylation sites is 1. The molecule has 6 heteroatoms. The smallest absolute Gasteiger partial charge is 0.303 e. The topological polar surface area (TPSA) is 52.7 Å². The van der Waals surface area contributed by atoms with Crippen molar-refractivity contribution in [3.8, 4) is 0 Å². The summed E-state index contributed by atoms with van der Waals surface area (Å²) in [4.78, 5) is 0. The Bertz CT molecular complexity index is 455. The normalized spacial score (nSPS) is 17.9. The number of hydrogen-bond acceptors (Lipinski definition) is 3. The molecule has 0 spiro atoms. The first-order valence-electron chi connectivity index (χ1n) is 5.62. The van der Waals surface area contributed by atoms with Crippen LogP contribution < -0.4 is 9.62 Å². The van der Waals surface area contributed by atoms with Crippen LogP contribution in [-0.4, -0.2) is 45.9 Å². The minimum absolute atomic E-state index is 0.527. The summed E-state index contributed by atoms with van der Waals surface area (Å²) in [6.45, 7) is 2.47. The van der Waals surface area contributed by atoms with Crippen molar-refractivity contribution in [1.82, 2.24) is 9.62 Å². The van der Waals surface area contributed by atoms with E-state index in [1.807, 2.05) is 18.2 Å². The SMILES string of the molecule is CN(c1ccccc1)S(=O)(=O)N1CCNCC1. The molecular formula is C11H17N3O2S. The third-order valence-electron chi connectivity index (χ3n) is 2.87. The Labute approximate surface area is 102 Å². The molecular weight excluding hydrogens is 238 g/mol. The van der Waals surface area contributed by atoms with E-state index >= 15 is 0 Å². The third-order valence-corrected chi connectivity index (χ3v) is 4.79. The zero-order valence-electron chi connectivity index (χ0n) is 9.83. The summed E-state index contributed by atoms with van der Waals surface area (Å²) in [6, 6.07) is 9.12. The van der Waals surface area contributed by atoms with Crippen molar-refractivity contribution in [2.45, 2.75) is 0 Å². The van der Waals surface area contributed by atoms with Crippen LogP contribution in [0.1, 0.15) is 0 Å². The monoisotopic (exact) mass is 255 g/mol. The zero-order valence-corrected chi connectivity index (χ0v) is 10.7. The Morgan fingerprint density at radius 1 is 1.18 bits per heavy atom. The van der Waals surface area contributed by atoms with Crippen molar-refractivity contribution in [3.05, 3.63) is 30.3 Å². The van der Waals surface area contributed by atoms with Crippen molar-refractivity contribution >= 4 is 15.9 Å². The van der Waals surface area contributed by atoms with Gasteiger partial charge in [-0.2, -0.15) is 12.7 Å². The van der Waals surface area contributed by atoms with E-state index in [2.05, 4.69) is 5.32 Å². The fourth-order valence-electron chi connectivity index (χ4n) is 1.82. The highest BCUT2D eigenvalue weighted by Gasteiger charge is 2.28. The van der Waals surface area contributed by atoms with Gasteiger partial charge < -0.3 is 5.32 Å². The number of benzene rings is 1. The molecule has 5 nitrogen and oxygen atoms in total.